The second-order valence-corrected chi connectivity index (χ2v) is 5.33. The maximum Gasteiger partial charge on any atom is 0.275 e. The Kier molecular flexibility index (Phi) is 5.64. The van der Waals surface area contributed by atoms with Crippen molar-refractivity contribution in [3.05, 3.63) is 40.3 Å². The Morgan fingerprint density at radius 2 is 1.96 bits per heavy atom. The molecule has 0 unspecified atom stereocenters. The summed E-state index contributed by atoms with van der Waals surface area (Å²) in [6, 6.07) is 6.78. The summed E-state index contributed by atoms with van der Waals surface area (Å²) in [5, 5.41) is 7.59. The van der Waals surface area contributed by atoms with Crippen LogP contribution in [0.5, 0.6) is 0 Å². The lowest BCUT2D eigenvalue weighted by Crippen LogP contribution is -2.40. The average molecular weight is 332 g/mol. The first-order valence-electron chi connectivity index (χ1n) is 7.43. The Balaban J connectivity index is 2.23. The highest BCUT2D eigenvalue weighted by Crippen LogP contribution is 2.14. The fraction of sp³-hybridized carbons (Fsp3) is 0.375. The molecular formula is C16H20N4O4. The van der Waals surface area contributed by atoms with E-state index in [9.17, 15) is 14.4 Å². The van der Waals surface area contributed by atoms with E-state index in [2.05, 4.69) is 10.4 Å². The summed E-state index contributed by atoms with van der Waals surface area (Å²) in [4.78, 5) is 37.8. The highest BCUT2D eigenvalue weighted by Gasteiger charge is 2.20. The number of carbonyl (C=O) groups excluding carboxylic acids is 2. The molecule has 1 aromatic heterocycles. The minimum absolute atomic E-state index is 0.110. The first-order valence-corrected chi connectivity index (χ1v) is 7.43. The van der Waals surface area contributed by atoms with Gasteiger partial charge in [-0.1, -0.05) is 18.2 Å². The fourth-order valence-corrected chi connectivity index (χ4v) is 2.27. The molecule has 0 saturated heterocycles. The van der Waals surface area contributed by atoms with Gasteiger partial charge in [-0.15, -0.1) is 0 Å². The lowest BCUT2D eigenvalue weighted by atomic mass is 10.1. The SMILES string of the molecule is COCCNC(=O)CN(C)C(=O)c1nn(C)c(=O)c2ccccc12. The number of amides is 2. The van der Waals surface area contributed by atoms with Gasteiger partial charge in [-0.3, -0.25) is 14.4 Å². The van der Waals surface area contributed by atoms with Crippen LogP contribution in [-0.2, 0) is 16.6 Å². The van der Waals surface area contributed by atoms with Gasteiger partial charge in [0, 0.05) is 33.1 Å². The normalized spacial score (nSPS) is 10.6. The smallest absolute Gasteiger partial charge is 0.275 e. The topological polar surface area (TPSA) is 93.5 Å². The quantitative estimate of drug-likeness (QED) is 0.738. The van der Waals surface area contributed by atoms with Crippen LogP contribution in [0.4, 0.5) is 0 Å². The molecule has 8 heteroatoms. The Labute approximate surface area is 139 Å². The predicted molar refractivity (Wildman–Crippen MR) is 88.8 cm³/mol. The first-order chi connectivity index (χ1) is 11.5. The van der Waals surface area contributed by atoms with Crippen molar-refractivity contribution in [3.63, 3.8) is 0 Å². The van der Waals surface area contributed by atoms with Gasteiger partial charge in [-0.2, -0.15) is 5.10 Å². The predicted octanol–water partition coefficient (Wildman–Crippen LogP) is -0.232. The zero-order valence-corrected chi connectivity index (χ0v) is 13.9. The van der Waals surface area contributed by atoms with Crippen LogP contribution in [0.15, 0.2) is 29.1 Å². The van der Waals surface area contributed by atoms with Crippen molar-refractivity contribution in [3.8, 4) is 0 Å². The summed E-state index contributed by atoms with van der Waals surface area (Å²) in [7, 11) is 4.54. The number of benzene rings is 1. The molecule has 8 nitrogen and oxygen atoms in total. The van der Waals surface area contributed by atoms with E-state index in [1.807, 2.05) is 0 Å². The van der Waals surface area contributed by atoms with Crippen LogP contribution >= 0.6 is 0 Å². The van der Waals surface area contributed by atoms with Gasteiger partial charge in [0.2, 0.25) is 5.91 Å². The number of likely N-dealkylation sites (N-methyl/N-ethyl adjacent to an activating group) is 1. The Hall–Kier alpha value is -2.74. The van der Waals surface area contributed by atoms with Crippen LogP contribution in [0.1, 0.15) is 10.5 Å². The molecular weight excluding hydrogens is 312 g/mol. The zero-order chi connectivity index (χ0) is 17.7. The molecule has 0 aliphatic rings. The number of methoxy groups -OCH3 is 1. The number of aryl methyl sites for hydroxylation is 1. The van der Waals surface area contributed by atoms with Crippen molar-refractivity contribution in [2.45, 2.75) is 0 Å². The number of hydrogen-bond donors (Lipinski definition) is 1. The second kappa shape index (κ2) is 7.69. The molecule has 0 radical (unpaired) electrons. The number of aromatic nitrogens is 2. The Bertz CT molecular complexity index is 815. The molecule has 1 heterocycles. The maximum absolute atomic E-state index is 12.6. The Morgan fingerprint density at radius 3 is 2.62 bits per heavy atom. The van der Waals surface area contributed by atoms with E-state index < -0.39 is 5.91 Å². The number of fused-ring (bicyclic) bond motifs is 1. The molecule has 0 aliphatic carbocycles. The highest BCUT2D eigenvalue weighted by molar-refractivity contribution is 6.05. The van der Waals surface area contributed by atoms with Crippen molar-refractivity contribution in [1.29, 1.82) is 0 Å². The van der Waals surface area contributed by atoms with E-state index in [1.165, 1.54) is 26.1 Å². The zero-order valence-electron chi connectivity index (χ0n) is 13.9. The molecule has 1 aromatic carbocycles. The largest absolute Gasteiger partial charge is 0.383 e. The van der Waals surface area contributed by atoms with Crippen LogP contribution in [0.3, 0.4) is 0 Å². The van der Waals surface area contributed by atoms with E-state index in [-0.39, 0.29) is 23.7 Å². The second-order valence-electron chi connectivity index (χ2n) is 5.33. The summed E-state index contributed by atoms with van der Waals surface area (Å²) in [6.45, 7) is 0.663. The van der Waals surface area contributed by atoms with E-state index in [4.69, 9.17) is 4.74 Å². The number of nitrogens with zero attached hydrogens (tertiary/aromatic N) is 3. The van der Waals surface area contributed by atoms with Crippen molar-refractivity contribution in [1.82, 2.24) is 20.0 Å². The van der Waals surface area contributed by atoms with Crippen molar-refractivity contribution in [2.75, 3.05) is 33.9 Å². The summed E-state index contributed by atoms with van der Waals surface area (Å²) in [5.41, 5.74) is -0.137. The van der Waals surface area contributed by atoms with E-state index in [0.29, 0.717) is 23.9 Å². The lowest BCUT2D eigenvalue weighted by molar-refractivity contribution is -0.121. The summed E-state index contributed by atoms with van der Waals surface area (Å²) in [5.74, 6) is -0.722. The maximum atomic E-state index is 12.6. The van der Waals surface area contributed by atoms with Crippen molar-refractivity contribution >= 4 is 22.6 Å². The van der Waals surface area contributed by atoms with Gasteiger partial charge in [-0.05, 0) is 6.07 Å². The fourth-order valence-electron chi connectivity index (χ4n) is 2.27. The summed E-state index contributed by atoms with van der Waals surface area (Å²) in [6.07, 6.45) is 0. The van der Waals surface area contributed by atoms with Crippen molar-refractivity contribution in [2.24, 2.45) is 7.05 Å². The van der Waals surface area contributed by atoms with E-state index in [0.717, 1.165) is 4.68 Å². The third-order valence-electron chi connectivity index (χ3n) is 3.51. The minimum atomic E-state index is -0.427. The molecule has 2 amide bonds. The highest BCUT2D eigenvalue weighted by atomic mass is 16.5. The van der Waals surface area contributed by atoms with Gasteiger partial charge in [0.05, 0.1) is 18.5 Å². The first kappa shape index (κ1) is 17.6. The van der Waals surface area contributed by atoms with Gasteiger partial charge in [-0.25, -0.2) is 4.68 Å². The van der Waals surface area contributed by atoms with Gasteiger partial charge in [0.1, 0.15) is 0 Å². The molecule has 24 heavy (non-hydrogen) atoms. The van der Waals surface area contributed by atoms with Gasteiger partial charge < -0.3 is 15.0 Å². The molecule has 0 aliphatic heterocycles. The van der Waals surface area contributed by atoms with Gasteiger partial charge >= 0.3 is 0 Å². The summed E-state index contributed by atoms with van der Waals surface area (Å²) < 4.78 is 5.98. The summed E-state index contributed by atoms with van der Waals surface area (Å²) >= 11 is 0. The Morgan fingerprint density at radius 1 is 1.29 bits per heavy atom. The molecule has 0 saturated carbocycles. The van der Waals surface area contributed by atoms with Crippen LogP contribution in [0.25, 0.3) is 10.8 Å². The molecule has 0 atom stereocenters. The van der Waals surface area contributed by atoms with Gasteiger partial charge in [0.15, 0.2) is 5.69 Å². The number of rotatable bonds is 6. The molecule has 1 N–H and O–H groups in total. The average Bonchev–Trinajstić information content (AvgIpc) is 2.57. The molecule has 2 rings (SSSR count). The number of hydrogen-bond acceptors (Lipinski definition) is 5. The molecule has 0 spiro atoms. The van der Waals surface area contributed by atoms with Crippen LogP contribution < -0.4 is 10.9 Å². The van der Waals surface area contributed by atoms with Crippen LogP contribution in [0.2, 0.25) is 0 Å². The molecule has 0 bridgehead atoms. The third kappa shape index (κ3) is 3.77. The lowest BCUT2D eigenvalue weighted by Gasteiger charge is -2.17. The standard InChI is InChI=1S/C16H20N4O4/c1-19(10-13(21)17-8-9-24-3)16(23)14-11-6-4-5-7-12(11)15(22)20(2)18-14/h4-7H,8-10H2,1-3H3,(H,17,21). The molecule has 0 fully saturated rings. The van der Waals surface area contributed by atoms with Crippen LogP contribution in [0, 0.1) is 0 Å². The number of nitrogens with one attached hydrogen (secondary N) is 1. The minimum Gasteiger partial charge on any atom is -0.383 e. The van der Waals surface area contributed by atoms with E-state index >= 15 is 0 Å². The number of ether oxygens (including phenoxy) is 1. The number of carbonyl (C=O) groups is 2. The monoisotopic (exact) mass is 332 g/mol. The van der Waals surface area contributed by atoms with Crippen LogP contribution in [-0.4, -0.2) is 60.3 Å². The molecule has 2 aromatic rings. The molecule has 128 valence electrons. The van der Waals surface area contributed by atoms with Gasteiger partial charge in [0.25, 0.3) is 11.5 Å². The van der Waals surface area contributed by atoms with Crippen molar-refractivity contribution < 1.29 is 14.3 Å². The van der Waals surface area contributed by atoms with E-state index in [1.54, 1.807) is 24.3 Å². The third-order valence-corrected chi connectivity index (χ3v) is 3.51.